The summed E-state index contributed by atoms with van der Waals surface area (Å²) in [6, 6.07) is 4.00. The van der Waals surface area contributed by atoms with Gasteiger partial charge in [0.2, 0.25) is 0 Å². The zero-order chi connectivity index (χ0) is 14.1. The predicted octanol–water partition coefficient (Wildman–Crippen LogP) is 3.75. The summed E-state index contributed by atoms with van der Waals surface area (Å²) in [6.07, 6.45) is 2.73. The van der Waals surface area contributed by atoms with Crippen LogP contribution in [0, 0.1) is 0 Å². The zero-order valence-corrected chi connectivity index (χ0v) is 13.5. The molecule has 4 nitrogen and oxygen atoms in total. The average molecular weight is 355 g/mol. The maximum atomic E-state index is 5.88. The van der Waals surface area contributed by atoms with E-state index in [4.69, 9.17) is 15.2 Å². The first kappa shape index (κ1) is 13.9. The Labute approximate surface area is 130 Å². The van der Waals surface area contributed by atoms with Gasteiger partial charge in [-0.1, -0.05) is 0 Å². The highest BCUT2D eigenvalue weighted by molar-refractivity contribution is 9.10. The number of rotatable bonds is 2. The molecule has 106 valence electrons. The van der Waals surface area contributed by atoms with Gasteiger partial charge in [0, 0.05) is 29.1 Å². The molecule has 0 amide bonds. The first-order valence-electron chi connectivity index (χ1n) is 6.46. The van der Waals surface area contributed by atoms with Gasteiger partial charge in [-0.2, -0.15) is 0 Å². The van der Waals surface area contributed by atoms with Crippen molar-refractivity contribution in [2.24, 2.45) is 5.73 Å². The fourth-order valence-electron chi connectivity index (χ4n) is 1.98. The molecule has 2 heterocycles. The van der Waals surface area contributed by atoms with Crippen molar-refractivity contribution >= 4 is 27.3 Å². The lowest BCUT2D eigenvalue weighted by Gasteiger charge is -2.10. The van der Waals surface area contributed by atoms with Crippen LogP contribution in [0.5, 0.6) is 11.5 Å². The van der Waals surface area contributed by atoms with Gasteiger partial charge >= 0.3 is 0 Å². The van der Waals surface area contributed by atoms with Crippen LogP contribution in [0.25, 0.3) is 10.6 Å². The quantitative estimate of drug-likeness (QED) is 0.891. The summed E-state index contributed by atoms with van der Waals surface area (Å²) in [7, 11) is 0. The second-order valence-electron chi connectivity index (χ2n) is 4.69. The minimum Gasteiger partial charge on any atom is -0.489 e. The topological polar surface area (TPSA) is 57.4 Å². The Hall–Kier alpha value is -1.11. The van der Waals surface area contributed by atoms with Crippen LogP contribution in [-0.2, 0) is 0 Å². The van der Waals surface area contributed by atoms with Crippen LogP contribution >= 0.6 is 27.3 Å². The summed E-state index contributed by atoms with van der Waals surface area (Å²) in [6.45, 7) is 3.31. The van der Waals surface area contributed by atoms with E-state index < -0.39 is 0 Å². The highest BCUT2D eigenvalue weighted by Gasteiger charge is 2.17. The van der Waals surface area contributed by atoms with Crippen LogP contribution in [0.15, 0.2) is 22.8 Å². The molecule has 0 spiro atoms. The third-order valence-electron chi connectivity index (χ3n) is 3.02. The Morgan fingerprint density at radius 1 is 1.35 bits per heavy atom. The lowest BCUT2D eigenvalue weighted by Crippen LogP contribution is -2.01. The fourth-order valence-corrected chi connectivity index (χ4v) is 3.40. The summed E-state index contributed by atoms with van der Waals surface area (Å²) < 4.78 is 12.3. The van der Waals surface area contributed by atoms with E-state index in [2.05, 4.69) is 20.9 Å². The van der Waals surface area contributed by atoms with E-state index in [1.807, 2.05) is 25.3 Å². The highest BCUT2D eigenvalue weighted by Crippen LogP contribution is 2.41. The molecule has 2 N–H and O–H groups in total. The smallest absolute Gasteiger partial charge is 0.175 e. The van der Waals surface area contributed by atoms with Crippen molar-refractivity contribution in [2.45, 2.75) is 19.4 Å². The Morgan fingerprint density at radius 2 is 2.15 bits per heavy atom. The van der Waals surface area contributed by atoms with Gasteiger partial charge in [0.05, 0.1) is 17.7 Å². The van der Waals surface area contributed by atoms with Crippen molar-refractivity contribution in [3.05, 3.63) is 27.7 Å². The largest absolute Gasteiger partial charge is 0.489 e. The standard InChI is InChI=1S/C14H15BrN2O2S/c1-8(16)12-7-17-14(20-12)9-5-10(15)13-11(6-9)18-3-2-4-19-13/h5-8H,2-4,16H2,1H3. The predicted molar refractivity (Wildman–Crippen MR) is 83.5 cm³/mol. The molecule has 0 radical (unpaired) electrons. The lowest BCUT2D eigenvalue weighted by atomic mass is 10.2. The number of aromatic nitrogens is 1. The van der Waals surface area contributed by atoms with Crippen LogP contribution < -0.4 is 15.2 Å². The summed E-state index contributed by atoms with van der Waals surface area (Å²) in [5.41, 5.74) is 6.90. The third-order valence-corrected chi connectivity index (χ3v) is 4.86. The Balaban J connectivity index is 2.01. The third kappa shape index (κ3) is 2.68. The molecule has 2 aromatic rings. The minimum absolute atomic E-state index is 0.00472. The van der Waals surface area contributed by atoms with Crippen LogP contribution in [-0.4, -0.2) is 18.2 Å². The molecule has 1 atom stereocenters. The fraction of sp³-hybridized carbons (Fsp3) is 0.357. The first-order valence-corrected chi connectivity index (χ1v) is 8.07. The number of nitrogens with zero attached hydrogens (tertiary/aromatic N) is 1. The summed E-state index contributed by atoms with van der Waals surface area (Å²) in [5.74, 6) is 1.54. The molecule has 0 fully saturated rings. The van der Waals surface area contributed by atoms with Crippen molar-refractivity contribution < 1.29 is 9.47 Å². The van der Waals surface area contributed by atoms with Crippen molar-refractivity contribution in [2.75, 3.05) is 13.2 Å². The number of benzene rings is 1. The summed E-state index contributed by atoms with van der Waals surface area (Å²) >= 11 is 5.15. The van der Waals surface area contributed by atoms with Gasteiger partial charge in [-0.25, -0.2) is 4.98 Å². The Morgan fingerprint density at radius 3 is 2.90 bits per heavy atom. The van der Waals surface area contributed by atoms with E-state index in [1.54, 1.807) is 11.3 Å². The summed E-state index contributed by atoms with van der Waals surface area (Å²) in [5, 5.41) is 0.939. The number of halogens is 1. The minimum atomic E-state index is 0.00472. The molecule has 0 saturated carbocycles. The molecule has 1 aromatic heterocycles. The second kappa shape index (κ2) is 5.71. The molecule has 6 heteroatoms. The van der Waals surface area contributed by atoms with Gasteiger partial charge in [-0.3, -0.25) is 0 Å². The number of thiazole rings is 1. The van der Waals surface area contributed by atoms with E-state index >= 15 is 0 Å². The van der Waals surface area contributed by atoms with E-state index in [0.717, 1.165) is 37.8 Å². The number of ether oxygens (including phenoxy) is 2. The van der Waals surface area contributed by atoms with E-state index in [-0.39, 0.29) is 6.04 Å². The molecule has 0 saturated heterocycles. The van der Waals surface area contributed by atoms with Crippen molar-refractivity contribution in [3.63, 3.8) is 0 Å². The van der Waals surface area contributed by atoms with Crippen LogP contribution in [0.2, 0.25) is 0 Å². The normalized spacial score (nSPS) is 15.8. The molecule has 20 heavy (non-hydrogen) atoms. The molecule has 3 rings (SSSR count). The molecule has 0 bridgehead atoms. The van der Waals surface area contributed by atoms with Crippen LogP contribution in [0.4, 0.5) is 0 Å². The van der Waals surface area contributed by atoms with Crippen LogP contribution in [0.1, 0.15) is 24.3 Å². The number of hydrogen-bond donors (Lipinski definition) is 1. The maximum absolute atomic E-state index is 5.88. The molecule has 0 aliphatic carbocycles. The van der Waals surface area contributed by atoms with E-state index in [1.165, 1.54) is 0 Å². The van der Waals surface area contributed by atoms with Crippen molar-refractivity contribution in [1.29, 1.82) is 0 Å². The summed E-state index contributed by atoms with van der Waals surface area (Å²) in [4.78, 5) is 5.51. The van der Waals surface area contributed by atoms with Gasteiger partial charge in [-0.05, 0) is 35.0 Å². The van der Waals surface area contributed by atoms with Crippen molar-refractivity contribution in [1.82, 2.24) is 4.98 Å². The molecular formula is C14H15BrN2O2S. The number of hydrogen-bond acceptors (Lipinski definition) is 5. The Bertz CT molecular complexity index is 628. The molecule has 1 aliphatic rings. The second-order valence-corrected chi connectivity index (χ2v) is 6.61. The monoisotopic (exact) mass is 354 g/mol. The van der Waals surface area contributed by atoms with Gasteiger partial charge in [0.15, 0.2) is 11.5 Å². The van der Waals surface area contributed by atoms with Gasteiger partial charge in [-0.15, -0.1) is 11.3 Å². The van der Waals surface area contributed by atoms with Crippen LogP contribution in [0.3, 0.4) is 0 Å². The number of nitrogens with two attached hydrogens (primary N) is 1. The maximum Gasteiger partial charge on any atom is 0.175 e. The average Bonchev–Trinajstić information content (AvgIpc) is 2.79. The van der Waals surface area contributed by atoms with Gasteiger partial charge < -0.3 is 15.2 Å². The van der Waals surface area contributed by atoms with E-state index in [9.17, 15) is 0 Å². The molecule has 1 aliphatic heterocycles. The van der Waals surface area contributed by atoms with E-state index in [0.29, 0.717) is 13.2 Å². The molecule has 1 unspecified atom stereocenters. The number of fused-ring (bicyclic) bond motifs is 1. The SMILES string of the molecule is CC(N)c1cnc(-c2cc(Br)c3c(c2)OCCCO3)s1. The van der Waals surface area contributed by atoms with Crippen molar-refractivity contribution in [3.8, 4) is 22.1 Å². The molecular weight excluding hydrogens is 340 g/mol. The highest BCUT2D eigenvalue weighted by atomic mass is 79.9. The Kier molecular flexibility index (Phi) is 3.96. The lowest BCUT2D eigenvalue weighted by molar-refractivity contribution is 0.296. The van der Waals surface area contributed by atoms with Gasteiger partial charge in [0.1, 0.15) is 5.01 Å². The zero-order valence-electron chi connectivity index (χ0n) is 11.1. The van der Waals surface area contributed by atoms with Gasteiger partial charge in [0.25, 0.3) is 0 Å². The molecule has 1 aromatic carbocycles. The first-order chi connectivity index (χ1) is 9.65.